The molecule has 0 aliphatic rings. The van der Waals surface area contributed by atoms with Gasteiger partial charge >= 0.3 is 0 Å². The molecular weight excluding hydrogens is 338 g/mol. The number of imidazole rings is 1. The van der Waals surface area contributed by atoms with Gasteiger partial charge in [-0.05, 0) is 17.7 Å². The standard InChI is InChI=1S/C17H17N5O4/c1-21-7-6-18-16(21)15(11-4-3-5-13(8-11)26-2)20-17(23)14-9-12(10-19-14)22(24)25/h3-10,15,19H,1-2H3,(H,20,23). The topological polar surface area (TPSA) is 115 Å². The van der Waals surface area contributed by atoms with Crippen molar-refractivity contribution in [2.24, 2.45) is 7.05 Å². The normalized spacial score (nSPS) is 11.8. The van der Waals surface area contributed by atoms with Crippen LogP contribution >= 0.6 is 0 Å². The maximum atomic E-state index is 12.6. The van der Waals surface area contributed by atoms with Gasteiger partial charge in [-0.15, -0.1) is 0 Å². The molecule has 1 aromatic carbocycles. The highest BCUT2D eigenvalue weighted by Gasteiger charge is 2.23. The molecule has 0 saturated heterocycles. The van der Waals surface area contributed by atoms with E-state index in [1.807, 2.05) is 19.2 Å². The SMILES string of the molecule is COc1cccc(C(NC(=O)c2cc([N+](=O)[O-])c[nH]2)c2nccn2C)c1. The van der Waals surface area contributed by atoms with Gasteiger partial charge in [0.1, 0.15) is 23.3 Å². The third-order valence-electron chi connectivity index (χ3n) is 3.94. The molecule has 9 heteroatoms. The Morgan fingerprint density at radius 1 is 1.42 bits per heavy atom. The zero-order valence-electron chi connectivity index (χ0n) is 14.2. The number of methoxy groups -OCH3 is 1. The molecule has 1 amide bonds. The fraction of sp³-hybridized carbons (Fsp3) is 0.176. The lowest BCUT2D eigenvalue weighted by atomic mass is 10.1. The zero-order chi connectivity index (χ0) is 18.7. The van der Waals surface area contributed by atoms with Crippen molar-refractivity contribution >= 4 is 11.6 Å². The van der Waals surface area contributed by atoms with Crippen LogP contribution in [0, 0.1) is 10.1 Å². The number of aromatic nitrogens is 3. The van der Waals surface area contributed by atoms with E-state index in [0.717, 1.165) is 5.56 Å². The van der Waals surface area contributed by atoms with E-state index >= 15 is 0 Å². The van der Waals surface area contributed by atoms with E-state index in [-0.39, 0.29) is 11.4 Å². The third-order valence-corrected chi connectivity index (χ3v) is 3.94. The lowest BCUT2D eigenvalue weighted by Gasteiger charge is -2.19. The second kappa shape index (κ2) is 7.09. The Balaban J connectivity index is 1.94. The van der Waals surface area contributed by atoms with Crippen LogP contribution in [0.4, 0.5) is 5.69 Å². The number of H-pyrrole nitrogens is 1. The zero-order valence-corrected chi connectivity index (χ0v) is 14.2. The van der Waals surface area contributed by atoms with Crippen molar-refractivity contribution in [2.45, 2.75) is 6.04 Å². The van der Waals surface area contributed by atoms with Gasteiger partial charge in [-0.1, -0.05) is 12.1 Å². The van der Waals surface area contributed by atoms with Crippen LogP contribution in [0.15, 0.2) is 48.9 Å². The summed E-state index contributed by atoms with van der Waals surface area (Å²) in [7, 11) is 3.38. The smallest absolute Gasteiger partial charge is 0.287 e. The number of nitrogens with one attached hydrogen (secondary N) is 2. The van der Waals surface area contributed by atoms with Crippen LogP contribution in [0.3, 0.4) is 0 Å². The minimum Gasteiger partial charge on any atom is -0.497 e. The van der Waals surface area contributed by atoms with Gasteiger partial charge in [0.05, 0.1) is 18.2 Å². The number of nitrogens with zero attached hydrogens (tertiary/aromatic N) is 3. The van der Waals surface area contributed by atoms with Crippen molar-refractivity contribution in [1.82, 2.24) is 19.9 Å². The molecule has 2 N–H and O–H groups in total. The fourth-order valence-corrected chi connectivity index (χ4v) is 2.60. The average Bonchev–Trinajstić information content (AvgIpc) is 3.29. The summed E-state index contributed by atoms with van der Waals surface area (Å²) in [4.78, 5) is 29.8. The van der Waals surface area contributed by atoms with E-state index in [1.165, 1.54) is 12.3 Å². The lowest BCUT2D eigenvalue weighted by molar-refractivity contribution is -0.384. The molecule has 0 bridgehead atoms. The Hall–Kier alpha value is -3.62. The average molecular weight is 355 g/mol. The lowest BCUT2D eigenvalue weighted by Crippen LogP contribution is -2.31. The molecule has 3 aromatic rings. The van der Waals surface area contributed by atoms with Gasteiger partial charge in [-0.25, -0.2) is 4.98 Å². The number of amides is 1. The Morgan fingerprint density at radius 3 is 2.85 bits per heavy atom. The number of rotatable bonds is 6. The molecule has 9 nitrogen and oxygen atoms in total. The summed E-state index contributed by atoms with van der Waals surface area (Å²) in [6.45, 7) is 0. The first-order chi connectivity index (χ1) is 12.5. The number of carbonyl (C=O) groups is 1. The van der Waals surface area contributed by atoms with E-state index in [9.17, 15) is 14.9 Å². The summed E-state index contributed by atoms with van der Waals surface area (Å²) in [6, 6.07) is 7.90. The first-order valence-electron chi connectivity index (χ1n) is 7.74. The molecule has 2 aromatic heterocycles. The molecule has 0 aliphatic heterocycles. The number of aromatic amines is 1. The van der Waals surface area contributed by atoms with Crippen molar-refractivity contribution < 1.29 is 14.5 Å². The summed E-state index contributed by atoms with van der Waals surface area (Å²) in [5.41, 5.74) is 0.692. The van der Waals surface area contributed by atoms with Gasteiger partial charge in [-0.3, -0.25) is 14.9 Å². The van der Waals surface area contributed by atoms with E-state index in [4.69, 9.17) is 4.74 Å². The van der Waals surface area contributed by atoms with Crippen LogP contribution in [0.5, 0.6) is 5.75 Å². The Kier molecular flexibility index (Phi) is 4.70. The van der Waals surface area contributed by atoms with Crippen LogP contribution in [0.25, 0.3) is 0 Å². The minimum absolute atomic E-state index is 0.0961. The maximum absolute atomic E-state index is 12.6. The molecular formula is C17H17N5O4. The summed E-state index contributed by atoms with van der Waals surface area (Å²) in [5.74, 6) is 0.785. The highest BCUT2D eigenvalue weighted by atomic mass is 16.6. The van der Waals surface area contributed by atoms with Crippen LogP contribution in [0.1, 0.15) is 27.9 Å². The number of aryl methyl sites for hydroxylation is 1. The van der Waals surface area contributed by atoms with Crippen LogP contribution in [-0.4, -0.2) is 32.5 Å². The van der Waals surface area contributed by atoms with Crippen molar-refractivity contribution in [3.8, 4) is 5.75 Å². The quantitative estimate of drug-likeness (QED) is 0.519. The molecule has 0 fully saturated rings. The highest BCUT2D eigenvalue weighted by molar-refractivity contribution is 5.93. The Morgan fingerprint density at radius 2 is 2.23 bits per heavy atom. The second-order valence-corrected chi connectivity index (χ2v) is 5.61. The Labute approximate surface area is 148 Å². The first-order valence-corrected chi connectivity index (χ1v) is 7.74. The summed E-state index contributed by atoms with van der Waals surface area (Å²) < 4.78 is 7.04. The molecule has 1 atom stereocenters. The number of nitro groups is 1. The van der Waals surface area contributed by atoms with Gasteiger partial charge in [0, 0.05) is 25.5 Å². The molecule has 0 radical (unpaired) electrons. The van der Waals surface area contributed by atoms with E-state index in [0.29, 0.717) is 11.6 Å². The van der Waals surface area contributed by atoms with Crippen LogP contribution in [0.2, 0.25) is 0 Å². The summed E-state index contributed by atoms with van der Waals surface area (Å²) in [5, 5.41) is 13.7. The van der Waals surface area contributed by atoms with Crippen molar-refractivity contribution in [3.63, 3.8) is 0 Å². The first kappa shape index (κ1) is 17.2. The molecule has 134 valence electrons. The largest absolute Gasteiger partial charge is 0.497 e. The van der Waals surface area contributed by atoms with E-state index in [2.05, 4.69) is 15.3 Å². The molecule has 1 unspecified atom stereocenters. The van der Waals surface area contributed by atoms with Gasteiger partial charge in [0.2, 0.25) is 0 Å². The van der Waals surface area contributed by atoms with Crippen LogP contribution in [-0.2, 0) is 7.05 Å². The monoisotopic (exact) mass is 355 g/mol. The molecule has 0 saturated carbocycles. The second-order valence-electron chi connectivity index (χ2n) is 5.61. The summed E-state index contributed by atoms with van der Waals surface area (Å²) >= 11 is 0. The predicted octanol–water partition coefficient (Wildman–Crippen LogP) is 2.18. The number of carbonyl (C=O) groups excluding carboxylic acids is 1. The highest BCUT2D eigenvalue weighted by Crippen LogP contribution is 2.25. The Bertz CT molecular complexity index is 946. The fourth-order valence-electron chi connectivity index (χ4n) is 2.60. The van der Waals surface area contributed by atoms with Crippen molar-refractivity contribution in [3.05, 3.63) is 76.1 Å². The van der Waals surface area contributed by atoms with Crippen LogP contribution < -0.4 is 10.1 Å². The van der Waals surface area contributed by atoms with Gasteiger partial charge in [0.25, 0.3) is 11.6 Å². The number of ether oxygens (including phenoxy) is 1. The van der Waals surface area contributed by atoms with Gasteiger partial charge in [0.15, 0.2) is 0 Å². The number of hydrogen-bond acceptors (Lipinski definition) is 5. The molecule has 2 heterocycles. The van der Waals surface area contributed by atoms with Crippen molar-refractivity contribution in [1.29, 1.82) is 0 Å². The molecule has 26 heavy (non-hydrogen) atoms. The number of benzene rings is 1. The summed E-state index contributed by atoms with van der Waals surface area (Å²) in [6.07, 6.45) is 4.58. The molecule has 3 rings (SSSR count). The van der Waals surface area contributed by atoms with Crippen molar-refractivity contribution in [2.75, 3.05) is 7.11 Å². The molecule has 0 aliphatic carbocycles. The minimum atomic E-state index is -0.564. The van der Waals surface area contributed by atoms with Gasteiger partial charge in [-0.2, -0.15) is 0 Å². The van der Waals surface area contributed by atoms with E-state index in [1.54, 1.807) is 36.2 Å². The maximum Gasteiger partial charge on any atom is 0.287 e. The predicted molar refractivity (Wildman–Crippen MR) is 93.0 cm³/mol. The number of hydrogen-bond donors (Lipinski definition) is 2. The molecule has 0 spiro atoms. The van der Waals surface area contributed by atoms with Gasteiger partial charge < -0.3 is 19.6 Å². The third kappa shape index (κ3) is 3.41. The van der Waals surface area contributed by atoms with E-state index < -0.39 is 16.9 Å².